The van der Waals surface area contributed by atoms with Crippen LogP contribution in [0.25, 0.3) is 0 Å². The molecule has 3 heterocycles. The fourth-order valence-corrected chi connectivity index (χ4v) is 3.48. The summed E-state index contributed by atoms with van der Waals surface area (Å²) in [6.45, 7) is 2.10. The normalized spacial score (nSPS) is 17.4. The maximum absolute atomic E-state index is 12.4. The lowest BCUT2D eigenvalue weighted by Gasteiger charge is -2.22. The predicted octanol–water partition coefficient (Wildman–Crippen LogP) is 1.68. The van der Waals surface area contributed by atoms with Crippen molar-refractivity contribution in [1.82, 2.24) is 20.1 Å². The average Bonchev–Trinajstić information content (AvgIpc) is 3.13. The monoisotopic (exact) mass is 361 g/mol. The summed E-state index contributed by atoms with van der Waals surface area (Å²) >= 11 is 1.64. The number of thioether (sulfide) groups is 1. The summed E-state index contributed by atoms with van der Waals surface area (Å²) in [6, 6.07) is 5.81. The van der Waals surface area contributed by atoms with Gasteiger partial charge < -0.3 is 15.7 Å². The Bertz CT molecular complexity index is 700. The van der Waals surface area contributed by atoms with Crippen LogP contribution < -0.4 is 10.6 Å². The highest BCUT2D eigenvalue weighted by Gasteiger charge is 2.18. The number of aromatic nitrogens is 3. The second-order valence-corrected chi connectivity index (χ2v) is 7.07. The summed E-state index contributed by atoms with van der Waals surface area (Å²) in [5, 5.41) is 19.4. The zero-order valence-electron chi connectivity index (χ0n) is 14.0. The van der Waals surface area contributed by atoms with Crippen molar-refractivity contribution >= 4 is 23.5 Å². The zero-order valence-corrected chi connectivity index (χ0v) is 14.8. The number of anilines is 1. The largest absolute Gasteiger partial charge is 0.396 e. The van der Waals surface area contributed by atoms with Crippen LogP contribution in [0.2, 0.25) is 0 Å². The molecule has 0 bridgehead atoms. The van der Waals surface area contributed by atoms with Gasteiger partial charge in [-0.25, -0.2) is 4.98 Å². The van der Waals surface area contributed by atoms with E-state index in [1.165, 1.54) is 0 Å². The molecule has 134 valence electrons. The Balaban J connectivity index is 1.60. The van der Waals surface area contributed by atoms with Gasteiger partial charge in [-0.2, -0.15) is 16.9 Å². The van der Waals surface area contributed by atoms with Gasteiger partial charge in [-0.3, -0.25) is 9.48 Å². The van der Waals surface area contributed by atoms with Crippen molar-refractivity contribution in [2.75, 3.05) is 30.8 Å². The average molecular weight is 361 g/mol. The highest BCUT2D eigenvalue weighted by molar-refractivity contribution is 7.98. The van der Waals surface area contributed by atoms with E-state index in [1.54, 1.807) is 24.0 Å². The summed E-state index contributed by atoms with van der Waals surface area (Å²) in [5.41, 5.74) is 1.45. The van der Waals surface area contributed by atoms with Crippen LogP contribution in [0.1, 0.15) is 34.9 Å². The summed E-state index contributed by atoms with van der Waals surface area (Å²) in [6.07, 6.45) is 5.74. The standard InChI is InChI=1S/C17H23N5O2S/c23-8-9-25-12-13-3-6-19-16(10-13)20-17(24)15-4-7-22(21-15)14-2-1-5-18-11-14/h3-4,6-7,10,14,18,23H,1-2,5,8-9,11-12H2,(H,19,20,24). The minimum absolute atomic E-state index is 0.165. The van der Waals surface area contributed by atoms with E-state index in [0.29, 0.717) is 23.3 Å². The third-order valence-corrected chi connectivity index (χ3v) is 5.06. The van der Waals surface area contributed by atoms with E-state index in [-0.39, 0.29) is 12.5 Å². The van der Waals surface area contributed by atoms with Crippen molar-refractivity contribution in [3.63, 3.8) is 0 Å². The third kappa shape index (κ3) is 5.04. The molecule has 1 amide bonds. The molecule has 1 atom stereocenters. The van der Waals surface area contributed by atoms with Gasteiger partial charge in [0.15, 0.2) is 5.69 Å². The molecule has 2 aromatic heterocycles. The number of pyridine rings is 1. The van der Waals surface area contributed by atoms with Crippen LogP contribution in [0.4, 0.5) is 5.82 Å². The van der Waals surface area contributed by atoms with Gasteiger partial charge in [-0.1, -0.05) is 0 Å². The van der Waals surface area contributed by atoms with Gasteiger partial charge in [0.25, 0.3) is 5.91 Å². The molecule has 1 aliphatic rings. The molecule has 1 saturated heterocycles. The quantitative estimate of drug-likeness (QED) is 0.650. The second kappa shape index (κ2) is 8.98. The molecule has 3 rings (SSSR count). The lowest BCUT2D eigenvalue weighted by atomic mass is 10.1. The van der Waals surface area contributed by atoms with Gasteiger partial charge in [-0.15, -0.1) is 0 Å². The van der Waals surface area contributed by atoms with Crippen LogP contribution in [0.15, 0.2) is 30.6 Å². The van der Waals surface area contributed by atoms with Gasteiger partial charge in [0.1, 0.15) is 5.82 Å². The maximum atomic E-state index is 12.4. The molecular weight excluding hydrogens is 338 g/mol. The highest BCUT2D eigenvalue weighted by atomic mass is 32.2. The Labute approximate surface area is 151 Å². The van der Waals surface area contributed by atoms with E-state index in [9.17, 15) is 4.79 Å². The van der Waals surface area contributed by atoms with Crippen molar-refractivity contribution in [1.29, 1.82) is 0 Å². The van der Waals surface area contributed by atoms with Gasteiger partial charge >= 0.3 is 0 Å². The molecule has 7 nitrogen and oxygen atoms in total. The highest BCUT2D eigenvalue weighted by Crippen LogP contribution is 2.17. The van der Waals surface area contributed by atoms with E-state index in [1.807, 2.05) is 23.0 Å². The molecule has 0 aromatic carbocycles. The maximum Gasteiger partial charge on any atom is 0.277 e. The van der Waals surface area contributed by atoms with Crippen LogP contribution >= 0.6 is 11.8 Å². The van der Waals surface area contributed by atoms with Crippen molar-refractivity contribution in [3.8, 4) is 0 Å². The Morgan fingerprint density at radius 1 is 1.48 bits per heavy atom. The number of carbonyl (C=O) groups excluding carboxylic acids is 1. The molecule has 0 radical (unpaired) electrons. The summed E-state index contributed by atoms with van der Waals surface area (Å²) in [5.74, 6) is 1.73. The van der Waals surface area contributed by atoms with Crippen molar-refractivity contribution in [2.45, 2.75) is 24.6 Å². The molecule has 1 aliphatic heterocycles. The van der Waals surface area contributed by atoms with E-state index < -0.39 is 0 Å². The fraction of sp³-hybridized carbons (Fsp3) is 0.471. The Hall–Kier alpha value is -1.90. The first-order valence-electron chi connectivity index (χ1n) is 8.47. The van der Waals surface area contributed by atoms with E-state index >= 15 is 0 Å². The summed E-state index contributed by atoms with van der Waals surface area (Å²) < 4.78 is 1.87. The minimum Gasteiger partial charge on any atom is -0.396 e. The van der Waals surface area contributed by atoms with E-state index in [2.05, 4.69) is 20.7 Å². The van der Waals surface area contributed by atoms with Crippen molar-refractivity contribution < 1.29 is 9.90 Å². The van der Waals surface area contributed by atoms with Crippen LogP contribution in [0.5, 0.6) is 0 Å². The number of nitrogens with one attached hydrogen (secondary N) is 2. The lowest BCUT2D eigenvalue weighted by Crippen LogP contribution is -2.32. The topological polar surface area (TPSA) is 92.1 Å². The number of carbonyl (C=O) groups is 1. The molecule has 1 unspecified atom stereocenters. The van der Waals surface area contributed by atoms with Gasteiger partial charge in [-0.05, 0) is 43.1 Å². The zero-order chi connectivity index (χ0) is 17.5. The van der Waals surface area contributed by atoms with Crippen LogP contribution in [0, 0.1) is 0 Å². The molecule has 3 N–H and O–H groups in total. The Morgan fingerprint density at radius 3 is 3.20 bits per heavy atom. The molecule has 0 saturated carbocycles. The number of nitrogens with zero attached hydrogens (tertiary/aromatic N) is 3. The van der Waals surface area contributed by atoms with Crippen LogP contribution in [0.3, 0.4) is 0 Å². The summed E-state index contributed by atoms with van der Waals surface area (Å²) in [4.78, 5) is 16.6. The first-order chi connectivity index (χ1) is 12.3. The molecule has 1 fully saturated rings. The number of amides is 1. The predicted molar refractivity (Wildman–Crippen MR) is 98.8 cm³/mol. The smallest absolute Gasteiger partial charge is 0.277 e. The van der Waals surface area contributed by atoms with E-state index in [0.717, 1.165) is 37.2 Å². The number of aliphatic hydroxyl groups excluding tert-OH is 1. The molecular formula is C17H23N5O2S. The molecule has 0 spiro atoms. The number of hydrogen-bond acceptors (Lipinski definition) is 6. The summed E-state index contributed by atoms with van der Waals surface area (Å²) in [7, 11) is 0. The van der Waals surface area contributed by atoms with Crippen LogP contribution in [-0.4, -0.2) is 51.2 Å². The van der Waals surface area contributed by atoms with Gasteiger partial charge in [0, 0.05) is 30.4 Å². The van der Waals surface area contributed by atoms with Crippen LogP contribution in [-0.2, 0) is 5.75 Å². The number of hydrogen-bond donors (Lipinski definition) is 3. The second-order valence-electron chi connectivity index (χ2n) is 5.96. The van der Waals surface area contributed by atoms with Gasteiger partial charge in [0.05, 0.1) is 12.6 Å². The lowest BCUT2D eigenvalue weighted by molar-refractivity contribution is 0.102. The van der Waals surface area contributed by atoms with Gasteiger partial charge in [0.2, 0.25) is 0 Å². The molecule has 8 heteroatoms. The van der Waals surface area contributed by atoms with E-state index in [4.69, 9.17) is 5.11 Å². The van der Waals surface area contributed by atoms with Crippen molar-refractivity contribution in [3.05, 3.63) is 41.9 Å². The first kappa shape index (κ1) is 17.9. The molecule has 0 aliphatic carbocycles. The molecule has 2 aromatic rings. The fourth-order valence-electron chi connectivity index (χ4n) is 2.79. The van der Waals surface area contributed by atoms with Crippen molar-refractivity contribution in [2.24, 2.45) is 0 Å². The number of aliphatic hydroxyl groups is 1. The third-order valence-electron chi connectivity index (χ3n) is 4.06. The molecule has 25 heavy (non-hydrogen) atoms. The number of piperidine rings is 1. The first-order valence-corrected chi connectivity index (χ1v) is 9.62. The Kier molecular flexibility index (Phi) is 6.43. The SMILES string of the molecule is O=C(Nc1cc(CSCCO)ccn1)c1ccn(C2CCCNC2)n1. The Morgan fingerprint density at radius 2 is 2.40 bits per heavy atom. The minimum atomic E-state index is -0.254. The number of rotatable bonds is 7.